The Kier molecular flexibility index (Phi) is 5.21. The van der Waals surface area contributed by atoms with E-state index in [1.54, 1.807) is 31.8 Å². The van der Waals surface area contributed by atoms with E-state index in [4.69, 9.17) is 13.6 Å². The first-order chi connectivity index (χ1) is 13.7. The van der Waals surface area contributed by atoms with Crippen LogP contribution in [0.2, 0.25) is 0 Å². The second-order valence-electron chi connectivity index (χ2n) is 6.20. The predicted molar refractivity (Wildman–Crippen MR) is 107 cm³/mol. The molecule has 0 fully saturated rings. The number of nitrogens with zero attached hydrogens (tertiary/aromatic N) is 2. The van der Waals surface area contributed by atoms with Crippen molar-refractivity contribution in [2.24, 2.45) is 5.10 Å². The van der Waals surface area contributed by atoms with E-state index in [1.165, 1.54) is 5.01 Å². The second-order valence-corrected chi connectivity index (χ2v) is 7.05. The molecule has 4 rings (SSSR count). The Bertz CT molecular complexity index is 983. The van der Waals surface area contributed by atoms with Crippen molar-refractivity contribution >= 4 is 33.2 Å². The predicted octanol–water partition coefficient (Wildman–Crippen LogP) is 4.43. The van der Waals surface area contributed by atoms with E-state index in [-0.39, 0.29) is 18.5 Å². The number of hydrazone groups is 1. The van der Waals surface area contributed by atoms with Crippen molar-refractivity contribution in [3.05, 3.63) is 71.0 Å². The van der Waals surface area contributed by atoms with Gasteiger partial charge in [0, 0.05) is 17.0 Å². The van der Waals surface area contributed by atoms with Gasteiger partial charge in [-0.2, -0.15) is 5.10 Å². The van der Waals surface area contributed by atoms with Gasteiger partial charge in [0.25, 0.3) is 5.91 Å². The van der Waals surface area contributed by atoms with E-state index < -0.39 is 0 Å². The number of anilines is 1. The number of nitrogens with one attached hydrogen (secondary N) is 1. The molecule has 1 aromatic carbocycles. The van der Waals surface area contributed by atoms with Crippen LogP contribution in [0.5, 0.6) is 5.75 Å². The molecule has 1 atom stereocenters. The zero-order valence-electron chi connectivity index (χ0n) is 15.1. The minimum atomic E-state index is -0.307. The van der Waals surface area contributed by atoms with Crippen LogP contribution in [0.3, 0.4) is 0 Å². The third kappa shape index (κ3) is 3.68. The second kappa shape index (κ2) is 7.93. The molecule has 1 aliphatic heterocycles. The van der Waals surface area contributed by atoms with Gasteiger partial charge in [-0.05, 0) is 52.3 Å². The number of methoxy groups -OCH3 is 1. The molecule has 0 spiro atoms. The highest BCUT2D eigenvalue weighted by molar-refractivity contribution is 9.10. The Morgan fingerprint density at radius 1 is 1.29 bits per heavy atom. The maximum absolute atomic E-state index is 12.9. The summed E-state index contributed by atoms with van der Waals surface area (Å²) in [7, 11) is 1.60. The molecule has 144 valence electrons. The van der Waals surface area contributed by atoms with Crippen molar-refractivity contribution in [3.8, 4) is 5.75 Å². The Morgan fingerprint density at radius 2 is 2.11 bits per heavy atom. The van der Waals surface area contributed by atoms with Crippen molar-refractivity contribution < 1.29 is 18.4 Å². The summed E-state index contributed by atoms with van der Waals surface area (Å²) in [5, 5.41) is 9.10. The zero-order valence-corrected chi connectivity index (χ0v) is 16.7. The number of hydrogen-bond donors (Lipinski definition) is 1. The third-order valence-electron chi connectivity index (χ3n) is 4.45. The van der Waals surface area contributed by atoms with Crippen LogP contribution in [0.15, 0.2) is 73.4 Å². The summed E-state index contributed by atoms with van der Waals surface area (Å²) in [6.45, 7) is 0.0674. The lowest BCUT2D eigenvalue weighted by molar-refractivity contribution is -0.131. The molecule has 8 heteroatoms. The van der Waals surface area contributed by atoms with E-state index in [0.717, 1.165) is 10.2 Å². The van der Waals surface area contributed by atoms with Crippen LogP contribution in [0, 0.1) is 0 Å². The van der Waals surface area contributed by atoms with Crippen LogP contribution in [0.1, 0.15) is 24.0 Å². The SMILES string of the molecule is COc1ccc(Br)c(NCC(=O)N2N=C(c3ccco3)CC2c2ccco2)c1. The van der Waals surface area contributed by atoms with Crippen LogP contribution in [0.4, 0.5) is 5.69 Å². The standard InChI is InChI=1S/C20H18BrN3O4/c1-26-13-6-7-14(21)15(10-13)22-12-20(25)24-17(19-5-3-9-28-19)11-16(23-24)18-4-2-8-27-18/h2-10,17,22H,11-12H2,1H3. The fourth-order valence-corrected chi connectivity index (χ4v) is 3.44. The lowest BCUT2D eigenvalue weighted by atomic mass is 10.1. The molecule has 3 heterocycles. The monoisotopic (exact) mass is 443 g/mol. The molecule has 1 N–H and O–H groups in total. The van der Waals surface area contributed by atoms with E-state index in [1.807, 2.05) is 30.3 Å². The van der Waals surface area contributed by atoms with Crippen LogP contribution in [0.25, 0.3) is 0 Å². The van der Waals surface area contributed by atoms with E-state index in [2.05, 4.69) is 26.3 Å². The van der Waals surface area contributed by atoms with E-state index in [9.17, 15) is 4.79 Å². The smallest absolute Gasteiger partial charge is 0.262 e. The Hall–Kier alpha value is -3.00. The molecule has 1 aliphatic rings. The first-order valence-electron chi connectivity index (χ1n) is 8.70. The molecule has 7 nitrogen and oxygen atoms in total. The van der Waals surface area contributed by atoms with Crippen molar-refractivity contribution in [2.45, 2.75) is 12.5 Å². The fraction of sp³-hybridized carbons (Fsp3) is 0.200. The molecular formula is C20H18BrN3O4. The number of rotatable bonds is 6. The van der Waals surface area contributed by atoms with Gasteiger partial charge < -0.3 is 18.9 Å². The first-order valence-corrected chi connectivity index (χ1v) is 9.49. The number of furan rings is 2. The number of benzene rings is 1. The summed E-state index contributed by atoms with van der Waals surface area (Å²) >= 11 is 3.47. The molecular weight excluding hydrogens is 426 g/mol. The number of halogens is 1. The van der Waals surface area contributed by atoms with Gasteiger partial charge in [0.05, 0.1) is 31.9 Å². The minimum Gasteiger partial charge on any atom is -0.497 e. The molecule has 0 aliphatic carbocycles. The van der Waals surface area contributed by atoms with Crippen molar-refractivity contribution in [3.63, 3.8) is 0 Å². The topological polar surface area (TPSA) is 80.2 Å². The third-order valence-corrected chi connectivity index (χ3v) is 5.14. The lowest BCUT2D eigenvalue weighted by Gasteiger charge is -2.20. The van der Waals surface area contributed by atoms with Gasteiger partial charge in [0.15, 0.2) is 0 Å². The highest BCUT2D eigenvalue weighted by Gasteiger charge is 2.35. The van der Waals surface area contributed by atoms with Crippen LogP contribution in [-0.4, -0.2) is 30.3 Å². The summed E-state index contributed by atoms with van der Waals surface area (Å²) in [4.78, 5) is 12.9. The highest BCUT2D eigenvalue weighted by atomic mass is 79.9. The van der Waals surface area contributed by atoms with Gasteiger partial charge >= 0.3 is 0 Å². The normalized spacial score (nSPS) is 16.1. The molecule has 0 radical (unpaired) electrons. The Labute approximate surface area is 170 Å². The quantitative estimate of drug-likeness (QED) is 0.609. The van der Waals surface area contributed by atoms with Crippen LogP contribution < -0.4 is 10.1 Å². The summed E-state index contributed by atoms with van der Waals surface area (Å²) in [6.07, 6.45) is 3.70. The minimum absolute atomic E-state index is 0.0674. The zero-order chi connectivity index (χ0) is 19.5. The number of hydrogen-bond acceptors (Lipinski definition) is 6. The highest BCUT2D eigenvalue weighted by Crippen LogP contribution is 2.33. The number of carbonyl (C=O) groups excluding carboxylic acids is 1. The van der Waals surface area contributed by atoms with Gasteiger partial charge in [-0.15, -0.1) is 0 Å². The van der Waals surface area contributed by atoms with Crippen LogP contribution in [-0.2, 0) is 4.79 Å². The largest absolute Gasteiger partial charge is 0.497 e. The maximum Gasteiger partial charge on any atom is 0.262 e. The summed E-state index contributed by atoms with van der Waals surface area (Å²) in [6, 6.07) is 12.5. The van der Waals surface area contributed by atoms with Crippen molar-refractivity contribution in [1.29, 1.82) is 0 Å². The number of ether oxygens (including phenoxy) is 1. The molecule has 3 aromatic rings. The van der Waals surface area contributed by atoms with Crippen LogP contribution >= 0.6 is 15.9 Å². The molecule has 28 heavy (non-hydrogen) atoms. The fourth-order valence-electron chi connectivity index (χ4n) is 3.05. The molecule has 1 amide bonds. The number of amides is 1. The van der Waals surface area contributed by atoms with Gasteiger partial charge in [0.2, 0.25) is 0 Å². The molecule has 0 saturated carbocycles. The molecule has 0 saturated heterocycles. The van der Waals surface area contributed by atoms with Crippen molar-refractivity contribution in [1.82, 2.24) is 5.01 Å². The summed E-state index contributed by atoms with van der Waals surface area (Å²) in [5.41, 5.74) is 1.47. The van der Waals surface area contributed by atoms with Gasteiger partial charge in [-0.25, -0.2) is 5.01 Å². The van der Waals surface area contributed by atoms with E-state index >= 15 is 0 Å². The maximum atomic E-state index is 12.9. The summed E-state index contributed by atoms with van der Waals surface area (Å²) < 4.78 is 17.1. The average Bonchev–Trinajstić information content (AvgIpc) is 3.47. The lowest BCUT2D eigenvalue weighted by Crippen LogP contribution is -2.32. The molecule has 0 bridgehead atoms. The first kappa shape index (κ1) is 18.4. The number of carbonyl (C=O) groups is 1. The Balaban J connectivity index is 1.53. The van der Waals surface area contributed by atoms with Crippen molar-refractivity contribution in [2.75, 3.05) is 19.0 Å². The van der Waals surface area contributed by atoms with E-state index in [0.29, 0.717) is 29.4 Å². The summed E-state index contributed by atoms with van der Waals surface area (Å²) in [5.74, 6) is 1.85. The Morgan fingerprint density at radius 3 is 2.82 bits per heavy atom. The van der Waals surface area contributed by atoms with Gasteiger partial charge in [0.1, 0.15) is 29.0 Å². The average molecular weight is 444 g/mol. The molecule has 2 aromatic heterocycles. The van der Waals surface area contributed by atoms with Gasteiger partial charge in [-0.3, -0.25) is 4.79 Å². The van der Waals surface area contributed by atoms with Gasteiger partial charge in [-0.1, -0.05) is 0 Å². The molecule has 1 unspecified atom stereocenters.